The van der Waals surface area contributed by atoms with Crippen molar-refractivity contribution in [3.8, 4) is 0 Å². The number of amides is 1. The van der Waals surface area contributed by atoms with Crippen LogP contribution in [0.5, 0.6) is 0 Å². The lowest BCUT2D eigenvalue weighted by molar-refractivity contribution is -0.159. The highest BCUT2D eigenvalue weighted by Crippen LogP contribution is 2.21. The molecule has 3 N–H and O–H groups in total. The largest absolute Gasteiger partial charge is 0.473 e. The standard InChI is InChI=1S/C18H19BrN2O.C2H2O4/c19-15-7-4-8-17(13-15)20-16-9-11-21(12-10-16)18(22)14-5-2-1-3-6-14;3-1(4)2(5)6/h1-8,13,16,20H,9-12H2;(H,3,4)(H,5,6). The molecule has 0 saturated carbocycles. The Kier molecular flexibility index (Phi) is 8.01. The molecule has 148 valence electrons. The lowest BCUT2D eigenvalue weighted by atomic mass is 10.0. The Morgan fingerprint density at radius 1 is 0.929 bits per heavy atom. The van der Waals surface area contributed by atoms with Crippen LogP contribution in [-0.4, -0.2) is 52.1 Å². The molecule has 28 heavy (non-hydrogen) atoms. The highest BCUT2D eigenvalue weighted by atomic mass is 79.9. The first-order valence-corrected chi connectivity index (χ1v) is 9.48. The lowest BCUT2D eigenvalue weighted by Crippen LogP contribution is -2.42. The summed E-state index contributed by atoms with van der Waals surface area (Å²) in [5.41, 5.74) is 1.91. The van der Waals surface area contributed by atoms with Crippen LogP contribution in [0.1, 0.15) is 23.2 Å². The molecule has 3 rings (SSSR count). The first kappa shape index (κ1) is 21.4. The van der Waals surface area contributed by atoms with Crippen LogP contribution < -0.4 is 5.32 Å². The number of hydrogen-bond acceptors (Lipinski definition) is 4. The number of carbonyl (C=O) groups excluding carboxylic acids is 1. The van der Waals surface area contributed by atoms with Crippen molar-refractivity contribution in [3.05, 3.63) is 64.6 Å². The zero-order chi connectivity index (χ0) is 20.5. The molecule has 1 amide bonds. The minimum absolute atomic E-state index is 0.140. The second-order valence-electron chi connectivity index (χ2n) is 6.20. The van der Waals surface area contributed by atoms with Gasteiger partial charge in [0.05, 0.1) is 0 Å². The summed E-state index contributed by atoms with van der Waals surface area (Å²) < 4.78 is 1.08. The molecular formula is C20H21BrN2O5. The Balaban J connectivity index is 0.000000409. The maximum absolute atomic E-state index is 12.4. The number of carbonyl (C=O) groups is 3. The summed E-state index contributed by atoms with van der Waals surface area (Å²) in [5.74, 6) is -3.51. The number of nitrogens with one attached hydrogen (secondary N) is 1. The van der Waals surface area contributed by atoms with Crippen molar-refractivity contribution in [2.75, 3.05) is 18.4 Å². The number of benzene rings is 2. The van der Waals surface area contributed by atoms with E-state index in [1.165, 1.54) is 0 Å². The van der Waals surface area contributed by atoms with Crippen molar-refractivity contribution in [3.63, 3.8) is 0 Å². The van der Waals surface area contributed by atoms with E-state index in [-0.39, 0.29) is 5.91 Å². The third-order valence-corrected chi connectivity index (χ3v) is 4.67. The van der Waals surface area contributed by atoms with E-state index in [0.29, 0.717) is 6.04 Å². The minimum atomic E-state index is -1.82. The highest BCUT2D eigenvalue weighted by molar-refractivity contribution is 9.10. The number of anilines is 1. The number of carboxylic acids is 2. The Morgan fingerprint density at radius 2 is 1.54 bits per heavy atom. The van der Waals surface area contributed by atoms with Gasteiger partial charge in [-0.15, -0.1) is 0 Å². The van der Waals surface area contributed by atoms with E-state index >= 15 is 0 Å². The number of nitrogens with zero attached hydrogens (tertiary/aromatic N) is 1. The number of rotatable bonds is 3. The summed E-state index contributed by atoms with van der Waals surface area (Å²) in [6, 6.07) is 18.2. The summed E-state index contributed by atoms with van der Waals surface area (Å²) in [6.45, 7) is 1.61. The van der Waals surface area contributed by atoms with E-state index in [2.05, 4.69) is 33.4 Å². The number of hydrogen-bond donors (Lipinski definition) is 3. The monoisotopic (exact) mass is 448 g/mol. The van der Waals surface area contributed by atoms with Gasteiger partial charge >= 0.3 is 11.9 Å². The van der Waals surface area contributed by atoms with Crippen LogP contribution in [0, 0.1) is 0 Å². The van der Waals surface area contributed by atoms with Gasteiger partial charge in [-0.25, -0.2) is 9.59 Å². The quantitative estimate of drug-likeness (QED) is 0.621. The number of aliphatic carboxylic acids is 2. The number of likely N-dealkylation sites (tertiary alicyclic amines) is 1. The maximum Gasteiger partial charge on any atom is 0.414 e. The van der Waals surface area contributed by atoms with Crippen LogP contribution in [0.15, 0.2) is 59.1 Å². The molecule has 0 radical (unpaired) electrons. The summed E-state index contributed by atoms with van der Waals surface area (Å²) in [6.07, 6.45) is 1.95. The molecule has 2 aromatic carbocycles. The third kappa shape index (κ3) is 6.70. The molecule has 0 bridgehead atoms. The van der Waals surface area contributed by atoms with Gasteiger partial charge in [0, 0.05) is 34.9 Å². The summed E-state index contributed by atoms with van der Waals surface area (Å²) in [4.78, 5) is 32.6. The van der Waals surface area contributed by atoms with Crippen molar-refractivity contribution in [1.29, 1.82) is 0 Å². The molecular weight excluding hydrogens is 428 g/mol. The average molecular weight is 449 g/mol. The zero-order valence-corrected chi connectivity index (χ0v) is 16.6. The average Bonchev–Trinajstić information content (AvgIpc) is 2.69. The van der Waals surface area contributed by atoms with E-state index in [1.54, 1.807) is 0 Å². The predicted octanol–water partition coefficient (Wildman–Crippen LogP) is 3.32. The molecule has 0 atom stereocenters. The second-order valence-corrected chi connectivity index (χ2v) is 7.11. The molecule has 2 aromatic rings. The van der Waals surface area contributed by atoms with E-state index in [1.807, 2.05) is 47.4 Å². The summed E-state index contributed by atoms with van der Waals surface area (Å²) in [7, 11) is 0. The fraction of sp³-hybridized carbons (Fsp3) is 0.250. The molecule has 1 heterocycles. The van der Waals surface area contributed by atoms with Crippen LogP contribution in [0.3, 0.4) is 0 Å². The van der Waals surface area contributed by atoms with E-state index in [4.69, 9.17) is 19.8 Å². The van der Waals surface area contributed by atoms with Crippen molar-refractivity contribution < 1.29 is 24.6 Å². The Morgan fingerprint density at radius 3 is 2.07 bits per heavy atom. The molecule has 0 aromatic heterocycles. The van der Waals surface area contributed by atoms with Gasteiger partial charge < -0.3 is 20.4 Å². The number of carboxylic acid groups (broad SMARTS) is 2. The van der Waals surface area contributed by atoms with Crippen LogP contribution in [-0.2, 0) is 9.59 Å². The molecule has 0 unspecified atom stereocenters. The first-order chi connectivity index (χ1) is 13.4. The molecule has 7 nitrogen and oxygen atoms in total. The Labute approximate surface area is 171 Å². The normalized spacial score (nSPS) is 13.8. The summed E-state index contributed by atoms with van der Waals surface area (Å²) >= 11 is 3.49. The molecule has 8 heteroatoms. The van der Waals surface area contributed by atoms with Gasteiger partial charge in [-0.05, 0) is 43.2 Å². The predicted molar refractivity (Wildman–Crippen MR) is 108 cm³/mol. The number of halogens is 1. The van der Waals surface area contributed by atoms with Gasteiger partial charge in [-0.1, -0.05) is 40.2 Å². The van der Waals surface area contributed by atoms with Crippen LogP contribution in [0.4, 0.5) is 5.69 Å². The van der Waals surface area contributed by atoms with Gasteiger partial charge in [-0.3, -0.25) is 4.79 Å². The van der Waals surface area contributed by atoms with Crippen molar-refractivity contribution >= 4 is 39.5 Å². The van der Waals surface area contributed by atoms with E-state index in [0.717, 1.165) is 41.7 Å². The molecule has 1 saturated heterocycles. The third-order valence-electron chi connectivity index (χ3n) is 4.18. The van der Waals surface area contributed by atoms with Gasteiger partial charge in [-0.2, -0.15) is 0 Å². The fourth-order valence-electron chi connectivity index (χ4n) is 2.80. The van der Waals surface area contributed by atoms with Gasteiger partial charge in [0.15, 0.2) is 0 Å². The highest BCUT2D eigenvalue weighted by Gasteiger charge is 2.23. The van der Waals surface area contributed by atoms with E-state index < -0.39 is 11.9 Å². The second kappa shape index (κ2) is 10.5. The van der Waals surface area contributed by atoms with Gasteiger partial charge in [0.1, 0.15) is 0 Å². The van der Waals surface area contributed by atoms with Crippen LogP contribution in [0.25, 0.3) is 0 Å². The van der Waals surface area contributed by atoms with E-state index in [9.17, 15) is 4.79 Å². The van der Waals surface area contributed by atoms with Crippen LogP contribution >= 0.6 is 15.9 Å². The fourth-order valence-corrected chi connectivity index (χ4v) is 3.20. The summed E-state index contributed by atoms with van der Waals surface area (Å²) in [5, 5.41) is 18.3. The number of piperidine rings is 1. The van der Waals surface area contributed by atoms with Crippen LogP contribution in [0.2, 0.25) is 0 Å². The maximum atomic E-state index is 12.4. The van der Waals surface area contributed by atoms with Gasteiger partial charge in [0.2, 0.25) is 0 Å². The molecule has 0 aliphatic carbocycles. The Bertz CT molecular complexity index is 808. The Hall–Kier alpha value is -2.87. The first-order valence-electron chi connectivity index (χ1n) is 8.69. The smallest absolute Gasteiger partial charge is 0.414 e. The van der Waals surface area contributed by atoms with Crippen molar-refractivity contribution in [2.45, 2.75) is 18.9 Å². The van der Waals surface area contributed by atoms with Gasteiger partial charge in [0.25, 0.3) is 5.91 Å². The molecule has 1 aliphatic heterocycles. The molecule has 0 spiro atoms. The zero-order valence-electron chi connectivity index (χ0n) is 15.0. The lowest BCUT2D eigenvalue weighted by Gasteiger charge is -2.33. The molecule has 1 aliphatic rings. The van der Waals surface area contributed by atoms with Crippen molar-refractivity contribution in [1.82, 2.24) is 4.90 Å². The molecule has 1 fully saturated rings. The minimum Gasteiger partial charge on any atom is -0.473 e. The van der Waals surface area contributed by atoms with Crippen molar-refractivity contribution in [2.24, 2.45) is 0 Å². The SMILES string of the molecule is O=C(O)C(=O)O.O=C(c1ccccc1)N1CCC(Nc2cccc(Br)c2)CC1. The topological polar surface area (TPSA) is 107 Å².